The van der Waals surface area contributed by atoms with Gasteiger partial charge in [0.1, 0.15) is 10.6 Å². The van der Waals surface area contributed by atoms with Crippen molar-refractivity contribution in [2.24, 2.45) is 5.92 Å². The molecule has 104 valence electrons. The van der Waals surface area contributed by atoms with Crippen LogP contribution in [0.1, 0.15) is 26.7 Å². The Bertz CT molecular complexity index is 538. The Morgan fingerprint density at radius 2 is 2.11 bits per heavy atom. The normalized spacial score (nSPS) is 13.1. The minimum absolute atomic E-state index is 0.259. The Balaban J connectivity index is 2.11. The van der Waals surface area contributed by atoms with E-state index in [4.69, 9.17) is 5.73 Å². The van der Waals surface area contributed by atoms with Crippen molar-refractivity contribution in [1.29, 1.82) is 0 Å². The summed E-state index contributed by atoms with van der Waals surface area (Å²) in [6.07, 6.45) is 1.57. The standard InChI is InChI=1S/C13H20N4OS/c1-3-8(4-2)10(18)7-15-11-9-5-6-19-12(9)17-13(14)16-11/h5-6,8,10,18H,3-4,7H2,1-2H3,(H3,14,15,16,17). The van der Waals surface area contributed by atoms with Crippen LogP contribution in [0.25, 0.3) is 10.2 Å². The van der Waals surface area contributed by atoms with Gasteiger partial charge in [0.2, 0.25) is 5.95 Å². The molecule has 1 unspecified atom stereocenters. The number of nitrogen functional groups attached to an aromatic ring is 1. The van der Waals surface area contributed by atoms with Crippen LogP contribution in [-0.2, 0) is 0 Å². The first-order valence-corrected chi connectivity index (χ1v) is 7.46. The van der Waals surface area contributed by atoms with E-state index in [1.54, 1.807) is 0 Å². The van der Waals surface area contributed by atoms with Gasteiger partial charge in [-0.1, -0.05) is 26.7 Å². The number of aliphatic hydroxyl groups is 1. The highest BCUT2D eigenvalue weighted by Crippen LogP contribution is 2.26. The predicted molar refractivity (Wildman–Crippen MR) is 80.4 cm³/mol. The SMILES string of the molecule is CCC(CC)C(O)CNc1nc(N)nc2sccc12. The Morgan fingerprint density at radius 3 is 2.79 bits per heavy atom. The Labute approximate surface area is 116 Å². The molecule has 0 spiro atoms. The number of fused-ring (bicyclic) bond motifs is 1. The maximum atomic E-state index is 10.1. The highest BCUT2D eigenvalue weighted by Gasteiger charge is 2.16. The highest BCUT2D eigenvalue weighted by atomic mass is 32.1. The van der Waals surface area contributed by atoms with Crippen molar-refractivity contribution < 1.29 is 5.11 Å². The Morgan fingerprint density at radius 1 is 1.37 bits per heavy atom. The van der Waals surface area contributed by atoms with Crippen molar-refractivity contribution in [2.45, 2.75) is 32.8 Å². The lowest BCUT2D eigenvalue weighted by molar-refractivity contribution is 0.114. The zero-order valence-electron chi connectivity index (χ0n) is 11.3. The maximum absolute atomic E-state index is 10.1. The number of aromatic nitrogens is 2. The number of thiophene rings is 1. The average molecular weight is 280 g/mol. The van der Waals surface area contributed by atoms with E-state index in [0.717, 1.165) is 23.1 Å². The molecule has 2 rings (SSSR count). The molecular formula is C13H20N4OS. The Hall–Kier alpha value is -1.40. The van der Waals surface area contributed by atoms with Gasteiger partial charge in [0.05, 0.1) is 11.5 Å². The predicted octanol–water partition coefficient (Wildman–Crippen LogP) is 2.48. The van der Waals surface area contributed by atoms with Crippen molar-refractivity contribution in [1.82, 2.24) is 9.97 Å². The molecule has 0 fully saturated rings. The summed E-state index contributed by atoms with van der Waals surface area (Å²) in [5, 5.41) is 16.2. The largest absolute Gasteiger partial charge is 0.391 e. The molecule has 4 N–H and O–H groups in total. The summed E-state index contributed by atoms with van der Waals surface area (Å²) in [4.78, 5) is 9.25. The monoisotopic (exact) mass is 280 g/mol. The summed E-state index contributed by atoms with van der Waals surface area (Å²) < 4.78 is 0. The molecule has 0 aliphatic carbocycles. The minimum Gasteiger partial charge on any atom is -0.391 e. The zero-order chi connectivity index (χ0) is 13.8. The van der Waals surface area contributed by atoms with Gasteiger partial charge in [-0.25, -0.2) is 4.98 Å². The molecule has 0 radical (unpaired) electrons. The van der Waals surface area contributed by atoms with Crippen LogP contribution in [0, 0.1) is 5.92 Å². The van der Waals surface area contributed by atoms with E-state index in [1.165, 1.54) is 11.3 Å². The van der Waals surface area contributed by atoms with E-state index in [-0.39, 0.29) is 12.1 Å². The molecule has 2 heterocycles. The summed E-state index contributed by atoms with van der Waals surface area (Å²) in [6, 6.07) is 1.96. The quantitative estimate of drug-likeness (QED) is 0.757. The number of nitrogens with one attached hydrogen (secondary N) is 1. The third-order valence-electron chi connectivity index (χ3n) is 3.41. The van der Waals surface area contributed by atoms with Crippen molar-refractivity contribution in [3.8, 4) is 0 Å². The second-order valence-corrected chi connectivity index (χ2v) is 5.49. The van der Waals surface area contributed by atoms with Crippen molar-refractivity contribution in [3.63, 3.8) is 0 Å². The summed E-state index contributed by atoms with van der Waals surface area (Å²) in [7, 11) is 0. The molecule has 2 aromatic rings. The minimum atomic E-state index is -0.375. The van der Waals surface area contributed by atoms with Gasteiger partial charge in [-0.15, -0.1) is 11.3 Å². The molecule has 0 aliphatic heterocycles. The lowest BCUT2D eigenvalue weighted by atomic mass is 9.96. The van der Waals surface area contributed by atoms with Crippen molar-refractivity contribution in [2.75, 3.05) is 17.6 Å². The van der Waals surface area contributed by atoms with E-state index in [9.17, 15) is 5.11 Å². The van der Waals surface area contributed by atoms with Gasteiger partial charge in [0.25, 0.3) is 0 Å². The van der Waals surface area contributed by atoms with E-state index < -0.39 is 0 Å². The van der Waals surface area contributed by atoms with Gasteiger partial charge in [-0.2, -0.15) is 4.98 Å². The van der Waals surface area contributed by atoms with Crippen LogP contribution in [0.15, 0.2) is 11.4 Å². The summed E-state index contributed by atoms with van der Waals surface area (Å²) in [6.45, 7) is 4.67. The number of nitrogens with two attached hydrogens (primary N) is 1. The van der Waals surface area contributed by atoms with Crippen LogP contribution in [-0.4, -0.2) is 27.7 Å². The van der Waals surface area contributed by atoms with Gasteiger partial charge in [0, 0.05) is 6.54 Å². The summed E-state index contributed by atoms with van der Waals surface area (Å²) in [5.41, 5.74) is 5.68. The van der Waals surface area contributed by atoms with Crippen LogP contribution in [0.2, 0.25) is 0 Å². The molecule has 19 heavy (non-hydrogen) atoms. The van der Waals surface area contributed by atoms with Gasteiger partial charge in [-0.05, 0) is 17.4 Å². The molecular weight excluding hydrogens is 260 g/mol. The summed E-state index contributed by atoms with van der Waals surface area (Å²) >= 11 is 1.53. The topological polar surface area (TPSA) is 84.1 Å². The zero-order valence-corrected chi connectivity index (χ0v) is 12.1. The smallest absolute Gasteiger partial charge is 0.223 e. The molecule has 0 amide bonds. The highest BCUT2D eigenvalue weighted by molar-refractivity contribution is 7.16. The third-order valence-corrected chi connectivity index (χ3v) is 4.22. The van der Waals surface area contributed by atoms with Crippen molar-refractivity contribution >= 4 is 33.3 Å². The molecule has 0 saturated carbocycles. The van der Waals surface area contributed by atoms with Crippen LogP contribution in [0.5, 0.6) is 0 Å². The fraction of sp³-hybridized carbons (Fsp3) is 0.538. The molecule has 2 aromatic heterocycles. The van der Waals surface area contributed by atoms with Gasteiger partial charge >= 0.3 is 0 Å². The molecule has 5 nitrogen and oxygen atoms in total. The number of anilines is 2. The number of hydrogen-bond acceptors (Lipinski definition) is 6. The third kappa shape index (κ3) is 3.13. The van der Waals surface area contributed by atoms with Crippen LogP contribution in [0.3, 0.4) is 0 Å². The number of nitrogens with zero attached hydrogens (tertiary/aromatic N) is 2. The van der Waals surface area contributed by atoms with E-state index in [2.05, 4.69) is 29.1 Å². The molecule has 0 aromatic carbocycles. The molecule has 6 heteroatoms. The van der Waals surface area contributed by atoms with Gasteiger partial charge in [0.15, 0.2) is 0 Å². The summed E-state index contributed by atoms with van der Waals surface area (Å²) in [5.74, 6) is 1.27. The van der Waals surface area contributed by atoms with Crippen LogP contribution < -0.4 is 11.1 Å². The molecule has 1 atom stereocenters. The number of hydrogen-bond donors (Lipinski definition) is 3. The first-order chi connectivity index (χ1) is 9.15. The fourth-order valence-corrected chi connectivity index (χ4v) is 2.98. The molecule has 0 aliphatic rings. The van der Waals surface area contributed by atoms with Crippen LogP contribution >= 0.6 is 11.3 Å². The second kappa shape index (κ2) is 6.16. The first kappa shape index (κ1) is 14.0. The lowest BCUT2D eigenvalue weighted by Crippen LogP contribution is -2.28. The average Bonchev–Trinajstić information content (AvgIpc) is 2.85. The van der Waals surface area contributed by atoms with E-state index >= 15 is 0 Å². The lowest BCUT2D eigenvalue weighted by Gasteiger charge is -2.20. The fourth-order valence-electron chi connectivity index (χ4n) is 2.21. The van der Waals surface area contributed by atoms with Gasteiger partial charge < -0.3 is 16.2 Å². The van der Waals surface area contributed by atoms with Gasteiger partial charge in [-0.3, -0.25) is 0 Å². The second-order valence-electron chi connectivity index (χ2n) is 4.59. The van der Waals surface area contributed by atoms with E-state index in [1.807, 2.05) is 11.4 Å². The Kier molecular flexibility index (Phi) is 4.55. The van der Waals surface area contributed by atoms with Crippen LogP contribution in [0.4, 0.5) is 11.8 Å². The maximum Gasteiger partial charge on any atom is 0.223 e. The molecule has 0 bridgehead atoms. The molecule has 0 saturated heterocycles. The number of aliphatic hydroxyl groups excluding tert-OH is 1. The van der Waals surface area contributed by atoms with E-state index in [0.29, 0.717) is 18.3 Å². The first-order valence-electron chi connectivity index (χ1n) is 6.58. The number of rotatable bonds is 6. The van der Waals surface area contributed by atoms with Crippen molar-refractivity contribution in [3.05, 3.63) is 11.4 Å².